The summed E-state index contributed by atoms with van der Waals surface area (Å²) < 4.78 is 5.55. The van der Waals surface area contributed by atoms with Gasteiger partial charge < -0.3 is 20.0 Å². The number of carbonyl (C=O) groups excluding carboxylic acids is 2. The third-order valence-electron chi connectivity index (χ3n) is 4.51. The van der Waals surface area contributed by atoms with Gasteiger partial charge in [-0.05, 0) is 50.7 Å². The van der Waals surface area contributed by atoms with Crippen LogP contribution in [0.1, 0.15) is 57.6 Å². The molecule has 6 nitrogen and oxygen atoms in total. The lowest BCUT2D eigenvalue weighted by Gasteiger charge is -2.33. The number of nitrogens with zero attached hydrogens (tertiary/aromatic N) is 1. The first kappa shape index (κ1) is 19.3. The molecule has 0 bridgehead atoms. The Labute approximate surface area is 150 Å². The molecule has 1 fully saturated rings. The fourth-order valence-electron chi connectivity index (χ4n) is 3.14. The Morgan fingerprint density at radius 1 is 1.32 bits per heavy atom. The van der Waals surface area contributed by atoms with Crippen molar-refractivity contribution in [3.05, 3.63) is 23.7 Å². The van der Waals surface area contributed by atoms with Gasteiger partial charge in [-0.2, -0.15) is 0 Å². The number of furan rings is 1. The van der Waals surface area contributed by atoms with Gasteiger partial charge in [-0.1, -0.05) is 13.8 Å². The lowest BCUT2D eigenvalue weighted by atomic mass is 9.94. The van der Waals surface area contributed by atoms with Crippen LogP contribution < -0.4 is 10.6 Å². The van der Waals surface area contributed by atoms with E-state index in [0.717, 1.165) is 30.9 Å². The number of nitrogens with one attached hydrogen (secondary N) is 2. The summed E-state index contributed by atoms with van der Waals surface area (Å²) in [5.41, 5.74) is 0. The van der Waals surface area contributed by atoms with Gasteiger partial charge in [0.05, 0.1) is 6.04 Å². The molecule has 1 saturated heterocycles. The van der Waals surface area contributed by atoms with Gasteiger partial charge in [0, 0.05) is 26.1 Å². The Kier molecular flexibility index (Phi) is 6.91. The summed E-state index contributed by atoms with van der Waals surface area (Å²) in [5, 5.41) is 5.94. The molecule has 0 aliphatic carbocycles. The molecular formula is C19H31N3O3. The zero-order valence-electron chi connectivity index (χ0n) is 15.8. The third-order valence-corrected chi connectivity index (χ3v) is 4.51. The summed E-state index contributed by atoms with van der Waals surface area (Å²) in [4.78, 5) is 26.4. The van der Waals surface area contributed by atoms with Crippen LogP contribution in [0.2, 0.25) is 0 Å². The zero-order valence-corrected chi connectivity index (χ0v) is 15.8. The number of hydrogen-bond donors (Lipinski definition) is 2. The molecule has 0 saturated carbocycles. The Morgan fingerprint density at radius 3 is 2.72 bits per heavy atom. The molecular weight excluding hydrogens is 318 g/mol. The summed E-state index contributed by atoms with van der Waals surface area (Å²) in [5.74, 6) is 2.26. The smallest absolute Gasteiger partial charge is 0.317 e. The van der Waals surface area contributed by atoms with E-state index in [1.165, 1.54) is 0 Å². The van der Waals surface area contributed by atoms with Crippen molar-refractivity contribution in [2.45, 2.75) is 53.0 Å². The number of carbonyl (C=O) groups is 2. The van der Waals surface area contributed by atoms with Crippen LogP contribution in [0.3, 0.4) is 0 Å². The van der Waals surface area contributed by atoms with E-state index in [1.54, 1.807) is 0 Å². The minimum Gasteiger partial charge on any atom is -0.464 e. The van der Waals surface area contributed by atoms with Gasteiger partial charge in [0.1, 0.15) is 11.5 Å². The first-order valence-electron chi connectivity index (χ1n) is 9.23. The van der Waals surface area contributed by atoms with Crippen LogP contribution in [0.4, 0.5) is 4.79 Å². The molecule has 25 heavy (non-hydrogen) atoms. The van der Waals surface area contributed by atoms with Crippen LogP contribution in [0.15, 0.2) is 16.5 Å². The Hall–Kier alpha value is -1.98. The van der Waals surface area contributed by atoms with E-state index in [4.69, 9.17) is 4.42 Å². The largest absolute Gasteiger partial charge is 0.464 e. The molecule has 1 aromatic heterocycles. The highest BCUT2D eigenvalue weighted by molar-refractivity contribution is 5.77. The number of piperidine rings is 1. The van der Waals surface area contributed by atoms with Crippen molar-refractivity contribution in [2.75, 3.05) is 19.6 Å². The van der Waals surface area contributed by atoms with Gasteiger partial charge in [-0.15, -0.1) is 0 Å². The van der Waals surface area contributed by atoms with Crippen molar-refractivity contribution in [2.24, 2.45) is 11.8 Å². The fraction of sp³-hybridized carbons (Fsp3) is 0.684. The van der Waals surface area contributed by atoms with Crippen LogP contribution in [0, 0.1) is 18.8 Å². The molecule has 0 spiro atoms. The highest BCUT2D eigenvalue weighted by Crippen LogP contribution is 2.21. The SMILES string of the molecule is Cc1ccc([C@H](C)NC(=O)C[C@H]2CCCN(C(=O)NCC(C)C)C2)o1. The van der Waals surface area contributed by atoms with E-state index in [-0.39, 0.29) is 23.9 Å². The Balaban J connectivity index is 1.79. The normalized spacial score (nSPS) is 18.9. The average molecular weight is 349 g/mol. The predicted octanol–water partition coefficient (Wildman–Crippen LogP) is 3.23. The number of rotatable bonds is 6. The molecule has 2 rings (SSSR count). The van der Waals surface area contributed by atoms with E-state index in [9.17, 15) is 9.59 Å². The van der Waals surface area contributed by atoms with E-state index in [0.29, 0.717) is 25.4 Å². The predicted molar refractivity (Wildman–Crippen MR) is 97.2 cm³/mol. The molecule has 140 valence electrons. The van der Waals surface area contributed by atoms with Gasteiger partial charge in [-0.3, -0.25) is 4.79 Å². The molecule has 0 unspecified atom stereocenters. The van der Waals surface area contributed by atoms with Gasteiger partial charge in [0.2, 0.25) is 5.91 Å². The third kappa shape index (κ3) is 6.11. The standard InChI is InChI=1S/C19H31N3O3/c1-13(2)11-20-19(24)22-9-5-6-16(12-22)10-18(23)21-15(4)17-8-7-14(3)25-17/h7-8,13,15-16H,5-6,9-12H2,1-4H3,(H,20,24)(H,21,23)/t15-,16+/m0/s1. The second-order valence-electron chi connectivity index (χ2n) is 7.48. The number of hydrogen-bond acceptors (Lipinski definition) is 3. The number of aryl methyl sites for hydroxylation is 1. The Bertz CT molecular complexity index is 582. The summed E-state index contributed by atoms with van der Waals surface area (Å²) in [7, 11) is 0. The quantitative estimate of drug-likeness (QED) is 0.828. The van der Waals surface area contributed by atoms with Gasteiger partial charge in [0.25, 0.3) is 0 Å². The number of amides is 3. The molecule has 2 N–H and O–H groups in total. The molecule has 3 amide bonds. The number of urea groups is 1. The van der Waals surface area contributed by atoms with E-state index < -0.39 is 0 Å². The monoisotopic (exact) mass is 349 g/mol. The summed E-state index contributed by atoms with van der Waals surface area (Å²) in [6, 6.07) is 3.63. The maximum Gasteiger partial charge on any atom is 0.317 e. The molecule has 0 radical (unpaired) electrons. The van der Waals surface area contributed by atoms with Crippen LogP contribution in [0.5, 0.6) is 0 Å². The molecule has 6 heteroatoms. The molecule has 1 aliphatic rings. The zero-order chi connectivity index (χ0) is 18.4. The van der Waals surface area contributed by atoms with Crippen molar-refractivity contribution < 1.29 is 14.0 Å². The lowest BCUT2D eigenvalue weighted by molar-refractivity contribution is -0.123. The first-order valence-corrected chi connectivity index (χ1v) is 9.23. The minimum atomic E-state index is -0.143. The summed E-state index contributed by atoms with van der Waals surface area (Å²) in [6.45, 7) is 10.1. The van der Waals surface area contributed by atoms with Crippen molar-refractivity contribution in [1.29, 1.82) is 0 Å². The maximum atomic E-state index is 12.3. The molecule has 2 atom stereocenters. The van der Waals surface area contributed by atoms with Crippen molar-refractivity contribution in [1.82, 2.24) is 15.5 Å². The topological polar surface area (TPSA) is 74.6 Å². The number of likely N-dealkylation sites (tertiary alicyclic amines) is 1. The highest BCUT2D eigenvalue weighted by Gasteiger charge is 2.26. The minimum absolute atomic E-state index is 0.0102. The van der Waals surface area contributed by atoms with Gasteiger partial charge in [-0.25, -0.2) is 4.79 Å². The highest BCUT2D eigenvalue weighted by atomic mass is 16.3. The van der Waals surface area contributed by atoms with E-state index in [1.807, 2.05) is 30.9 Å². The second kappa shape index (κ2) is 8.92. The second-order valence-corrected chi connectivity index (χ2v) is 7.48. The van der Waals surface area contributed by atoms with Crippen molar-refractivity contribution in [3.8, 4) is 0 Å². The molecule has 1 aromatic rings. The van der Waals surface area contributed by atoms with Crippen LogP contribution in [-0.4, -0.2) is 36.5 Å². The summed E-state index contributed by atoms with van der Waals surface area (Å²) >= 11 is 0. The lowest BCUT2D eigenvalue weighted by Crippen LogP contribution is -2.47. The first-order chi connectivity index (χ1) is 11.8. The molecule has 2 heterocycles. The van der Waals surface area contributed by atoms with Crippen molar-refractivity contribution >= 4 is 11.9 Å². The summed E-state index contributed by atoms with van der Waals surface area (Å²) in [6.07, 6.45) is 2.37. The van der Waals surface area contributed by atoms with Crippen LogP contribution >= 0.6 is 0 Å². The van der Waals surface area contributed by atoms with E-state index >= 15 is 0 Å². The van der Waals surface area contributed by atoms with Gasteiger partial charge >= 0.3 is 6.03 Å². The van der Waals surface area contributed by atoms with Crippen molar-refractivity contribution in [3.63, 3.8) is 0 Å². The average Bonchev–Trinajstić information content (AvgIpc) is 2.99. The molecule has 1 aliphatic heterocycles. The van der Waals surface area contributed by atoms with E-state index in [2.05, 4.69) is 24.5 Å². The van der Waals surface area contributed by atoms with Crippen LogP contribution in [0.25, 0.3) is 0 Å². The molecule has 0 aromatic carbocycles. The Morgan fingerprint density at radius 2 is 2.08 bits per heavy atom. The maximum absolute atomic E-state index is 12.3. The van der Waals surface area contributed by atoms with Gasteiger partial charge in [0.15, 0.2) is 0 Å². The fourth-order valence-corrected chi connectivity index (χ4v) is 3.14. The van der Waals surface area contributed by atoms with Crippen LogP contribution in [-0.2, 0) is 4.79 Å².